The molecule has 9 heteroatoms. The van der Waals surface area contributed by atoms with Crippen LogP contribution in [0.15, 0.2) is 42.5 Å². The van der Waals surface area contributed by atoms with Crippen molar-refractivity contribution < 1.29 is 22.8 Å². The maximum atomic E-state index is 13.7. The number of hydrogen-bond acceptors (Lipinski definition) is 3. The molecule has 32 heavy (non-hydrogen) atoms. The van der Waals surface area contributed by atoms with Gasteiger partial charge in [0.25, 0.3) is 5.91 Å². The third kappa shape index (κ3) is 5.71. The van der Waals surface area contributed by atoms with Crippen LogP contribution in [0, 0.1) is 6.92 Å². The Morgan fingerprint density at radius 1 is 1.16 bits per heavy atom. The first kappa shape index (κ1) is 24.3. The van der Waals surface area contributed by atoms with Crippen LogP contribution < -0.4 is 5.73 Å². The first-order valence-corrected chi connectivity index (χ1v) is 10.6. The van der Waals surface area contributed by atoms with E-state index in [0.717, 1.165) is 18.9 Å². The Hall–Kier alpha value is -2.35. The van der Waals surface area contributed by atoms with Crippen LogP contribution in [0.5, 0.6) is 0 Å². The number of imide groups is 1. The van der Waals surface area contributed by atoms with Crippen LogP contribution >= 0.6 is 23.2 Å². The highest BCUT2D eigenvalue weighted by Gasteiger charge is 2.39. The standard InChI is InChI=1S/C23H21Cl2F3N2O2/c1-13-8-14(2-6-19(13)22(32)30(18-4-5-18)21(31)12-29)3-7-20(23(26,27)28)15-9-16(24)11-17(25)10-15/h2-3,6-11,18,20H,4-5,12,29H2,1H3/b7-3+. The predicted octanol–water partition coefficient (Wildman–Crippen LogP) is 5.75. The fourth-order valence-electron chi connectivity index (χ4n) is 3.45. The van der Waals surface area contributed by atoms with Gasteiger partial charge in [-0.05, 0) is 60.7 Å². The number of carbonyl (C=O) groups is 2. The van der Waals surface area contributed by atoms with Gasteiger partial charge in [0.05, 0.1) is 12.5 Å². The highest BCUT2D eigenvalue weighted by molar-refractivity contribution is 6.34. The number of benzene rings is 2. The average Bonchev–Trinajstić information content (AvgIpc) is 3.51. The number of rotatable bonds is 6. The van der Waals surface area contributed by atoms with Crippen molar-refractivity contribution in [3.05, 3.63) is 74.8 Å². The molecule has 0 bridgehead atoms. The predicted molar refractivity (Wildman–Crippen MR) is 119 cm³/mol. The number of allylic oxidation sites excluding steroid dienone is 1. The Labute approximate surface area is 193 Å². The third-order valence-electron chi connectivity index (χ3n) is 5.13. The smallest absolute Gasteiger partial charge is 0.322 e. The molecule has 0 saturated heterocycles. The fourth-order valence-corrected chi connectivity index (χ4v) is 3.99. The molecule has 0 aromatic heterocycles. The molecule has 1 aliphatic rings. The number of nitrogens with zero attached hydrogens (tertiary/aromatic N) is 1. The number of nitrogens with two attached hydrogens (primary N) is 1. The molecule has 0 heterocycles. The minimum Gasteiger partial charge on any atom is -0.322 e. The molecule has 1 saturated carbocycles. The summed E-state index contributed by atoms with van der Waals surface area (Å²) in [7, 11) is 0. The number of halogens is 5. The molecule has 3 rings (SSSR count). The quantitative estimate of drug-likeness (QED) is 0.567. The van der Waals surface area contributed by atoms with E-state index in [4.69, 9.17) is 28.9 Å². The Morgan fingerprint density at radius 3 is 2.28 bits per heavy atom. The second kappa shape index (κ2) is 9.65. The lowest BCUT2D eigenvalue weighted by molar-refractivity contribution is -0.139. The van der Waals surface area contributed by atoms with E-state index in [2.05, 4.69) is 0 Å². The summed E-state index contributed by atoms with van der Waals surface area (Å²) in [4.78, 5) is 26.1. The molecule has 0 radical (unpaired) electrons. The summed E-state index contributed by atoms with van der Waals surface area (Å²) in [5.74, 6) is -2.81. The number of hydrogen-bond donors (Lipinski definition) is 1. The fraction of sp³-hybridized carbons (Fsp3) is 0.304. The van der Waals surface area contributed by atoms with Crippen LogP contribution in [0.4, 0.5) is 13.2 Å². The topological polar surface area (TPSA) is 63.4 Å². The first-order chi connectivity index (χ1) is 15.0. The maximum Gasteiger partial charge on any atom is 0.399 e. The van der Waals surface area contributed by atoms with E-state index in [0.29, 0.717) is 16.7 Å². The molecule has 2 amide bonds. The zero-order chi connectivity index (χ0) is 23.6. The molecule has 1 fully saturated rings. The molecule has 1 atom stereocenters. The number of aryl methyl sites for hydroxylation is 1. The van der Waals surface area contributed by atoms with E-state index in [1.165, 1.54) is 41.3 Å². The van der Waals surface area contributed by atoms with Crippen molar-refractivity contribution in [3.63, 3.8) is 0 Å². The normalized spacial score (nSPS) is 15.1. The monoisotopic (exact) mass is 484 g/mol. The van der Waals surface area contributed by atoms with Crippen LogP contribution in [0.1, 0.15) is 45.8 Å². The summed E-state index contributed by atoms with van der Waals surface area (Å²) < 4.78 is 41.0. The van der Waals surface area contributed by atoms with Gasteiger partial charge in [0.15, 0.2) is 0 Å². The van der Waals surface area contributed by atoms with Gasteiger partial charge in [-0.1, -0.05) is 47.5 Å². The molecule has 0 aliphatic heterocycles. The molecule has 2 N–H and O–H groups in total. The Morgan fingerprint density at radius 2 is 1.78 bits per heavy atom. The first-order valence-electron chi connectivity index (χ1n) is 9.89. The van der Waals surface area contributed by atoms with Crippen molar-refractivity contribution in [2.75, 3.05) is 6.54 Å². The number of carbonyl (C=O) groups excluding carboxylic acids is 2. The molecule has 2 aromatic rings. The van der Waals surface area contributed by atoms with E-state index in [9.17, 15) is 22.8 Å². The van der Waals surface area contributed by atoms with E-state index < -0.39 is 23.9 Å². The van der Waals surface area contributed by atoms with Gasteiger partial charge in [-0.2, -0.15) is 13.2 Å². The highest BCUT2D eigenvalue weighted by Crippen LogP contribution is 2.38. The molecule has 1 unspecified atom stereocenters. The third-order valence-corrected chi connectivity index (χ3v) is 5.57. The molecular weight excluding hydrogens is 464 g/mol. The molecule has 0 spiro atoms. The van der Waals surface area contributed by atoms with Gasteiger partial charge in [0, 0.05) is 21.7 Å². The summed E-state index contributed by atoms with van der Waals surface area (Å²) in [5, 5.41) is 0.224. The Balaban J connectivity index is 1.87. The van der Waals surface area contributed by atoms with Crippen LogP contribution in [0.3, 0.4) is 0 Å². The van der Waals surface area contributed by atoms with Crippen LogP contribution in [0.25, 0.3) is 6.08 Å². The van der Waals surface area contributed by atoms with Crippen LogP contribution in [-0.2, 0) is 4.79 Å². The average molecular weight is 485 g/mol. The van der Waals surface area contributed by atoms with Gasteiger partial charge in [0.2, 0.25) is 5.91 Å². The van der Waals surface area contributed by atoms with Crippen LogP contribution in [-0.4, -0.2) is 35.5 Å². The van der Waals surface area contributed by atoms with Crippen molar-refractivity contribution in [3.8, 4) is 0 Å². The van der Waals surface area contributed by atoms with Gasteiger partial charge >= 0.3 is 6.18 Å². The van der Waals surface area contributed by atoms with Crippen molar-refractivity contribution in [2.45, 2.75) is 37.9 Å². The second-order valence-electron chi connectivity index (χ2n) is 7.66. The Kier molecular flexibility index (Phi) is 7.32. The number of alkyl halides is 3. The largest absolute Gasteiger partial charge is 0.399 e. The summed E-state index contributed by atoms with van der Waals surface area (Å²) >= 11 is 11.7. The van der Waals surface area contributed by atoms with Gasteiger partial charge in [-0.25, -0.2) is 0 Å². The molecule has 170 valence electrons. The summed E-state index contributed by atoms with van der Waals surface area (Å²) in [6.45, 7) is 1.40. The van der Waals surface area contributed by atoms with E-state index >= 15 is 0 Å². The zero-order valence-corrected chi connectivity index (χ0v) is 18.6. The summed E-state index contributed by atoms with van der Waals surface area (Å²) in [6.07, 6.45) is -0.721. The second-order valence-corrected chi connectivity index (χ2v) is 8.53. The Bertz CT molecular complexity index is 1050. The van der Waals surface area contributed by atoms with Crippen molar-refractivity contribution in [1.82, 2.24) is 4.90 Å². The summed E-state index contributed by atoms with van der Waals surface area (Å²) in [6, 6.07) is 8.31. The van der Waals surface area contributed by atoms with E-state index in [1.54, 1.807) is 13.0 Å². The van der Waals surface area contributed by atoms with Crippen molar-refractivity contribution in [2.24, 2.45) is 5.73 Å². The van der Waals surface area contributed by atoms with Gasteiger partial charge < -0.3 is 5.73 Å². The van der Waals surface area contributed by atoms with Gasteiger partial charge in [-0.3, -0.25) is 14.5 Å². The SMILES string of the molecule is Cc1cc(/C=C/C(c2cc(Cl)cc(Cl)c2)C(F)(F)F)ccc1C(=O)N(C(=O)CN)C1CC1. The maximum absolute atomic E-state index is 13.7. The number of amides is 2. The van der Waals surface area contributed by atoms with E-state index in [1.807, 2.05) is 0 Å². The van der Waals surface area contributed by atoms with Gasteiger partial charge in [0.1, 0.15) is 0 Å². The minimum atomic E-state index is -4.55. The van der Waals surface area contributed by atoms with E-state index in [-0.39, 0.29) is 28.2 Å². The molecular formula is C23H21Cl2F3N2O2. The molecule has 1 aliphatic carbocycles. The lowest BCUT2D eigenvalue weighted by Crippen LogP contribution is -2.42. The lowest BCUT2D eigenvalue weighted by atomic mass is 9.96. The van der Waals surface area contributed by atoms with Crippen molar-refractivity contribution in [1.29, 1.82) is 0 Å². The molecule has 4 nitrogen and oxygen atoms in total. The van der Waals surface area contributed by atoms with Gasteiger partial charge in [-0.15, -0.1) is 0 Å². The van der Waals surface area contributed by atoms with Crippen molar-refractivity contribution >= 4 is 41.1 Å². The van der Waals surface area contributed by atoms with Crippen LogP contribution in [0.2, 0.25) is 10.0 Å². The highest BCUT2D eigenvalue weighted by atomic mass is 35.5. The molecule has 2 aromatic carbocycles. The summed E-state index contributed by atoms with van der Waals surface area (Å²) in [5.41, 5.74) is 6.68. The zero-order valence-electron chi connectivity index (χ0n) is 17.1. The minimum absolute atomic E-state index is 0.0739. The lowest BCUT2D eigenvalue weighted by Gasteiger charge is -2.21.